The van der Waals surface area contributed by atoms with Crippen LogP contribution in [0.3, 0.4) is 0 Å². The van der Waals surface area contributed by atoms with Crippen LogP contribution in [0.25, 0.3) is 10.9 Å². The van der Waals surface area contributed by atoms with Crippen LogP contribution in [0.1, 0.15) is 50.5 Å². The van der Waals surface area contributed by atoms with Crippen LogP contribution < -0.4 is 5.32 Å². The fourth-order valence-electron chi connectivity index (χ4n) is 3.22. The first-order valence-electron chi connectivity index (χ1n) is 7.99. The maximum Gasteiger partial charge on any atom is 0.0746 e. The molecule has 0 radical (unpaired) electrons. The highest BCUT2D eigenvalue weighted by Crippen LogP contribution is 2.19. The van der Waals surface area contributed by atoms with Gasteiger partial charge in [0.25, 0.3) is 0 Å². The first kappa shape index (κ1) is 13.6. The third kappa shape index (κ3) is 3.37. The van der Waals surface area contributed by atoms with Crippen LogP contribution in [0.4, 0.5) is 0 Å². The van der Waals surface area contributed by atoms with Gasteiger partial charge in [-0.25, -0.2) is 0 Å². The Morgan fingerprint density at radius 2 is 1.70 bits per heavy atom. The molecule has 20 heavy (non-hydrogen) atoms. The van der Waals surface area contributed by atoms with Crippen LogP contribution in [0, 0.1) is 0 Å². The molecule has 0 atom stereocenters. The van der Waals surface area contributed by atoms with Gasteiger partial charge >= 0.3 is 0 Å². The molecule has 1 aliphatic rings. The Bertz CT molecular complexity index is 537. The standard InChI is InChI=1S/C18H24N2/c1-2-4-11-17(12-5-3-1)20-14-16-9-6-8-15-10-7-13-19-18(15)16/h6-10,13,17,20H,1-5,11-12,14H2. The molecule has 0 bridgehead atoms. The Labute approximate surface area is 121 Å². The summed E-state index contributed by atoms with van der Waals surface area (Å²) in [5.41, 5.74) is 2.47. The van der Waals surface area contributed by atoms with E-state index in [9.17, 15) is 0 Å². The van der Waals surface area contributed by atoms with Crippen molar-refractivity contribution >= 4 is 10.9 Å². The molecule has 1 heterocycles. The van der Waals surface area contributed by atoms with Gasteiger partial charge in [-0.05, 0) is 24.5 Å². The summed E-state index contributed by atoms with van der Waals surface area (Å²) in [6, 6.07) is 11.3. The molecule has 1 fully saturated rings. The fraction of sp³-hybridized carbons (Fsp3) is 0.500. The largest absolute Gasteiger partial charge is 0.310 e. The van der Waals surface area contributed by atoms with E-state index in [1.54, 1.807) is 0 Å². The topological polar surface area (TPSA) is 24.9 Å². The number of fused-ring (bicyclic) bond motifs is 1. The number of hydrogen-bond acceptors (Lipinski definition) is 2. The number of nitrogens with one attached hydrogen (secondary N) is 1. The quantitative estimate of drug-likeness (QED) is 0.890. The summed E-state index contributed by atoms with van der Waals surface area (Å²) in [5, 5.41) is 5.00. The van der Waals surface area contributed by atoms with Crippen molar-refractivity contribution in [3.05, 3.63) is 42.1 Å². The number of aromatic nitrogens is 1. The van der Waals surface area contributed by atoms with Gasteiger partial charge in [0.2, 0.25) is 0 Å². The molecule has 0 aliphatic heterocycles. The highest BCUT2D eigenvalue weighted by molar-refractivity contribution is 5.81. The second-order valence-corrected chi connectivity index (χ2v) is 5.92. The maximum absolute atomic E-state index is 4.54. The SMILES string of the molecule is c1cnc2c(CNC3CCCCCCC3)cccc2c1. The lowest BCUT2D eigenvalue weighted by molar-refractivity contribution is 0.389. The van der Waals surface area contributed by atoms with Crippen molar-refractivity contribution < 1.29 is 0 Å². The minimum atomic E-state index is 0.689. The number of benzene rings is 1. The van der Waals surface area contributed by atoms with E-state index in [-0.39, 0.29) is 0 Å². The summed E-state index contributed by atoms with van der Waals surface area (Å²) in [4.78, 5) is 4.54. The van der Waals surface area contributed by atoms with Crippen LogP contribution in [-0.4, -0.2) is 11.0 Å². The molecule has 2 nitrogen and oxygen atoms in total. The predicted molar refractivity (Wildman–Crippen MR) is 84.7 cm³/mol. The number of rotatable bonds is 3. The molecule has 0 amide bonds. The Hall–Kier alpha value is -1.41. The minimum absolute atomic E-state index is 0.689. The predicted octanol–water partition coefficient (Wildman–Crippen LogP) is 4.44. The molecule has 1 aliphatic carbocycles. The zero-order valence-electron chi connectivity index (χ0n) is 12.1. The molecular weight excluding hydrogens is 244 g/mol. The average molecular weight is 268 g/mol. The van der Waals surface area contributed by atoms with E-state index in [1.165, 1.54) is 55.9 Å². The van der Waals surface area contributed by atoms with Crippen LogP contribution in [0.5, 0.6) is 0 Å². The Balaban J connectivity index is 1.67. The van der Waals surface area contributed by atoms with Crippen molar-refractivity contribution in [3.63, 3.8) is 0 Å². The lowest BCUT2D eigenvalue weighted by Crippen LogP contribution is -2.29. The van der Waals surface area contributed by atoms with Crippen molar-refractivity contribution in [1.82, 2.24) is 10.3 Å². The monoisotopic (exact) mass is 268 g/mol. The summed E-state index contributed by atoms with van der Waals surface area (Å²) < 4.78 is 0. The van der Waals surface area contributed by atoms with E-state index in [4.69, 9.17) is 0 Å². The summed E-state index contributed by atoms with van der Waals surface area (Å²) in [7, 11) is 0. The van der Waals surface area contributed by atoms with E-state index in [0.29, 0.717) is 6.04 Å². The molecule has 1 saturated carbocycles. The molecule has 106 valence electrons. The number of nitrogens with zero attached hydrogens (tertiary/aromatic N) is 1. The summed E-state index contributed by atoms with van der Waals surface area (Å²) in [5.74, 6) is 0. The summed E-state index contributed by atoms with van der Waals surface area (Å²) in [6.45, 7) is 0.943. The number of hydrogen-bond donors (Lipinski definition) is 1. The molecule has 2 heteroatoms. The van der Waals surface area contributed by atoms with Gasteiger partial charge in [-0.1, -0.05) is 56.4 Å². The van der Waals surface area contributed by atoms with Gasteiger partial charge in [-0.15, -0.1) is 0 Å². The summed E-state index contributed by atoms with van der Waals surface area (Å²) in [6.07, 6.45) is 11.6. The first-order valence-corrected chi connectivity index (χ1v) is 7.99. The highest BCUT2D eigenvalue weighted by Gasteiger charge is 2.11. The fourth-order valence-corrected chi connectivity index (χ4v) is 3.22. The maximum atomic E-state index is 4.54. The van der Waals surface area contributed by atoms with Gasteiger partial charge in [0, 0.05) is 24.2 Å². The lowest BCUT2D eigenvalue weighted by atomic mass is 9.96. The Morgan fingerprint density at radius 1 is 0.950 bits per heavy atom. The molecular formula is C18H24N2. The lowest BCUT2D eigenvalue weighted by Gasteiger charge is -2.21. The highest BCUT2D eigenvalue weighted by atomic mass is 14.9. The van der Waals surface area contributed by atoms with Crippen molar-refractivity contribution in [2.45, 2.75) is 57.5 Å². The second kappa shape index (κ2) is 6.85. The van der Waals surface area contributed by atoms with E-state index >= 15 is 0 Å². The number of para-hydroxylation sites is 1. The Kier molecular flexibility index (Phi) is 4.65. The van der Waals surface area contributed by atoms with Crippen LogP contribution >= 0.6 is 0 Å². The van der Waals surface area contributed by atoms with Gasteiger partial charge in [-0.2, -0.15) is 0 Å². The van der Waals surface area contributed by atoms with Crippen LogP contribution in [0.15, 0.2) is 36.5 Å². The molecule has 0 unspecified atom stereocenters. The molecule has 0 saturated heterocycles. The molecule has 1 aromatic carbocycles. The zero-order valence-corrected chi connectivity index (χ0v) is 12.1. The van der Waals surface area contributed by atoms with E-state index < -0.39 is 0 Å². The normalized spacial score (nSPS) is 17.8. The average Bonchev–Trinajstić information content (AvgIpc) is 2.46. The van der Waals surface area contributed by atoms with Crippen LogP contribution in [-0.2, 0) is 6.54 Å². The van der Waals surface area contributed by atoms with Gasteiger partial charge in [0.15, 0.2) is 0 Å². The van der Waals surface area contributed by atoms with Crippen molar-refractivity contribution in [3.8, 4) is 0 Å². The third-order valence-corrected chi connectivity index (χ3v) is 4.40. The molecule has 1 aromatic heterocycles. The minimum Gasteiger partial charge on any atom is -0.310 e. The van der Waals surface area contributed by atoms with E-state index in [1.807, 2.05) is 12.3 Å². The van der Waals surface area contributed by atoms with Crippen molar-refractivity contribution in [2.75, 3.05) is 0 Å². The third-order valence-electron chi connectivity index (χ3n) is 4.40. The molecule has 2 aromatic rings. The van der Waals surface area contributed by atoms with Gasteiger partial charge in [0.1, 0.15) is 0 Å². The molecule has 0 spiro atoms. The van der Waals surface area contributed by atoms with Gasteiger partial charge in [0.05, 0.1) is 5.52 Å². The summed E-state index contributed by atoms with van der Waals surface area (Å²) >= 11 is 0. The van der Waals surface area contributed by atoms with Gasteiger partial charge < -0.3 is 5.32 Å². The number of pyridine rings is 1. The zero-order chi connectivity index (χ0) is 13.6. The Morgan fingerprint density at radius 3 is 2.55 bits per heavy atom. The smallest absolute Gasteiger partial charge is 0.0746 e. The second-order valence-electron chi connectivity index (χ2n) is 5.92. The van der Waals surface area contributed by atoms with E-state index in [2.05, 4.69) is 34.6 Å². The van der Waals surface area contributed by atoms with Gasteiger partial charge in [-0.3, -0.25) is 4.98 Å². The molecule has 1 N–H and O–H groups in total. The van der Waals surface area contributed by atoms with Crippen molar-refractivity contribution in [1.29, 1.82) is 0 Å². The van der Waals surface area contributed by atoms with Crippen LogP contribution in [0.2, 0.25) is 0 Å². The first-order chi connectivity index (χ1) is 9.93. The van der Waals surface area contributed by atoms with E-state index in [0.717, 1.165) is 12.1 Å². The molecule has 3 rings (SSSR count). The van der Waals surface area contributed by atoms with Crippen molar-refractivity contribution in [2.24, 2.45) is 0 Å².